The van der Waals surface area contributed by atoms with Crippen molar-refractivity contribution in [3.05, 3.63) is 18.2 Å². The van der Waals surface area contributed by atoms with E-state index in [1.54, 1.807) is 13.8 Å². The highest BCUT2D eigenvalue weighted by molar-refractivity contribution is 5.99. The number of aliphatic imine (C=N–C) groups is 1. The third-order valence-corrected chi connectivity index (χ3v) is 11.4. The Morgan fingerprint density at radius 1 is 0.757 bits per heavy atom. The number of primary amides is 1. The van der Waals surface area contributed by atoms with E-state index in [9.17, 15) is 68.1 Å². The number of amides is 10. The number of H-pyrrole nitrogens is 1. The van der Waals surface area contributed by atoms with E-state index in [0.717, 1.165) is 0 Å². The molecule has 1 saturated heterocycles. The molecule has 31 heteroatoms. The van der Waals surface area contributed by atoms with Crippen LogP contribution in [0, 0.1) is 5.92 Å². The lowest BCUT2D eigenvalue weighted by molar-refractivity contribution is -0.143. The van der Waals surface area contributed by atoms with Crippen LogP contribution in [0.15, 0.2) is 17.5 Å². The number of nitrogens with zero attached hydrogens (tertiary/aromatic N) is 3. The zero-order chi connectivity index (χ0) is 55.7. The number of hydrogen-bond acceptors (Lipinski definition) is 17. The highest BCUT2D eigenvalue weighted by Crippen LogP contribution is 2.21. The van der Waals surface area contributed by atoms with Crippen molar-refractivity contribution >= 4 is 71.0 Å². The Labute approximate surface area is 425 Å². The van der Waals surface area contributed by atoms with E-state index in [1.807, 2.05) is 0 Å². The number of imidazole rings is 1. The van der Waals surface area contributed by atoms with E-state index in [1.165, 1.54) is 24.3 Å². The van der Waals surface area contributed by atoms with Gasteiger partial charge in [-0.1, -0.05) is 13.8 Å². The van der Waals surface area contributed by atoms with Crippen LogP contribution in [0.1, 0.15) is 77.8 Å². The van der Waals surface area contributed by atoms with E-state index in [-0.39, 0.29) is 51.3 Å². The largest absolute Gasteiger partial charge is 0.480 e. The number of guanidine groups is 1. The molecule has 0 aromatic carbocycles. The topological polar surface area (TPSA) is 519 Å². The van der Waals surface area contributed by atoms with Crippen molar-refractivity contribution in [2.45, 2.75) is 133 Å². The van der Waals surface area contributed by atoms with Gasteiger partial charge in [0.25, 0.3) is 0 Å². The van der Waals surface area contributed by atoms with Crippen molar-refractivity contribution < 1.29 is 68.1 Å². The first kappa shape index (κ1) is 62.6. The number of carbonyl (C=O) groups is 11. The van der Waals surface area contributed by atoms with Crippen molar-refractivity contribution in [1.82, 2.24) is 57.4 Å². The van der Waals surface area contributed by atoms with Gasteiger partial charge >= 0.3 is 5.97 Å². The number of hydrogen-bond donors (Lipinski definition) is 17. The molecule has 0 aliphatic carbocycles. The zero-order valence-corrected chi connectivity index (χ0v) is 41.6. The summed E-state index contributed by atoms with van der Waals surface area (Å²) in [5.74, 6) is -11.3. The lowest BCUT2D eigenvalue weighted by Gasteiger charge is -2.31. The second-order valence-corrected chi connectivity index (χ2v) is 17.7. The predicted molar refractivity (Wildman–Crippen MR) is 260 cm³/mol. The number of aromatic nitrogens is 2. The molecule has 31 nitrogen and oxygen atoms in total. The number of aliphatic carboxylic acids is 1. The van der Waals surface area contributed by atoms with E-state index in [2.05, 4.69) is 57.5 Å². The fraction of sp³-hybridized carbons (Fsp3) is 0.651. The van der Waals surface area contributed by atoms with Gasteiger partial charge in [-0.2, -0.15) is 0 Å². The Kier molecular flexibility index (Phi) is 26.9. The summed E-state index contributed by atoms with van der Waals surface area (Å²) in [5, 5.41) is 47.6. The second kappa shape index (κ2) is 31.8. The van der Waals surface area contributed by atoms with E-state index < -0.39 is 152 Å². The molecule has 1 aromatic heterocycles. The number of aliphatic hydroxyl groups is 2. The second-order valence-electron chi connectivity index (χ2n) is 17.7. The van der Waals surface area contributed by atoms with Crippen LogP contribution in [0.2, 0.25) is 0 Å². The Balaban J connectivity index is 2.15. The molecule has 1 aromatic rings. The van der Waals surface area contributed by atoms with Crippen LogP contribution < -0.4 is 71.2 Å². The molecule has 22 N–H and O–H groups in total. The monoisotopic (exact) mass is 1050 g/mol. The minimum atomic E-state index is -1.74. The first-order valence-electron chi connectivity index (χ1n) is 23.8. The maximum absolute atomic E-state index is 14.1. The van der Waals surface area contributed by atoms with Crippen molar-refractivity contribution in [2.75, 3.05) is 39.4 Å². The number of nitrogens with two attached hydrogens (primary N) is 5. The molecule has 0 spiro atoms. The first-order chi connectivity index (χ1) is 34.9. The molecule has 0 saturated carbocycles. The molecule has 1 fully saturated rings. The molecular formula is C43H73N17O14. The van der Waals surface area contributed by atoms with Crippen LogP contribution in [0.4, 0.5) is 0 Å². The Morgan fingerprint density at radius 2 is 1.39 bits per heavy atom. The number of likely N-dealkylation sites (tertiary alicyclic amines) is 1. The van der Waals surface area contributed by atoms with Crippen molar-refractivity contribution in [2.24, 2.45) is 39.6 Å². The summed E-state index contributed by atoms with van der Waals surface area (Å²) in [6, 6.07) is -12.5. The van der Waals surface area contributed by atoms with Gasteiger partial charge in [-0.3, -0.25) is 52.9 Å². The maximum Gasteiger partial charge on any atom is 0.328 e. The maximum atomic E-state index is 14.1. The average molecular weight is 1050 g/mol. The predicted octanol–water partition coefficient (Wildman–Crippen LogP) is -8.42. The molecular weight excluding hydrogens is 979 g/mol. The number of carboxylic acids is 1. The number of rotatable bonds is 33. The lowest BCUT2D eigenvalue weighted by Crippen LogP contribution is -2.61. The molecule has 2 heterocycles. The average Bonchev–Trinajstić information content (AvgIpc) is 4.06. The summed E-state index contributed by atoms with van der Waals surface area (Å²) in [6.07, 6.45) is 3.46. The van der Waals surface area contributed by atoms with Crippen LogP contribution >= 0.6 is 0 Å². The lowest BCUT2D eigenvalue weighted by atomic mass is 10.0. The molecule has 414 valence electrons. The van der Waals surface area contributed by atoms with Crippen LogP contribution in [-0.4, -0.2) is 195 Å². The highest BCUT2D eigenvalue weighted by atomic mass is 16.4. The number of nitrogens with one attached hydrogen (secondary N) is 9. The minimum absolute atomic E-state index is 0.0612. The van der Waals surface area contributed by atoms with Gasteiger partial charge in [-0.15, -0.1) is 0 Å². The number of aromatic amines is 1. The van der Waals surface area contributed by atoms with Gasteiger partial charge in [0.15, 0.2) is 5.96 Å². The summed E-state index contributed by atoms with van der Waals surface area (Å²) in [5.41, 5.74) is 27.8. The van der Waals surface area contributed by atoms with Crippen molar-refractivity contribution in [3.8, 4) is 0 Å². The smallest absolute Gasteiger partial charge is 0.328 e. The highest BCUT2D eigenvalue weighted by Gasteiger charge is 2.40. The minimum Gasteiger partial charge on any atom is -0.480 e. The molecule has 0 bridgehead atoms. The van der Waals surface area contributed by atoms with Crippen LogP contribution in [0.25, 0.3) is 0 Å². The quantitative estimate of drug-likeness (QED) is 0.0177. The molecule has 2 rings (SSSR count). The molecule has 74 heavy (non-hydrogen) atoms. The summed E-state index contributed by atoms with van der Waals surface area (Å²) < 4.78 is 0. The Bertz CT molecular complexity index is 2120. The number of aliphatic hydroxyl groups excluding tert-OH is 2. The fourth-order valence-corrected chi connectivity index (χ4v) is 7.33. The van der Waals surface area contributed by atoms with Gasteiger partial charge in [0.05, 0.1) is 38.5 Å². The van der Waals surface area contributed by atoms with Gasteiger partial charge in [0.1, 0.15) is 48.3 Å². The molecule has 0 unspecified atom stereocenters. The van der Waals surface area contributed by atoms with E-state index in [0.29, 0.717) is 31.4 Å². The third kappa shape index (κ3) is 21.3. The van der Waals surface area contributed by atoms with Gasteiger partial charge in [-0.25, -0.2) is 9.78 Å². The summed E-state index contributed by atoms with van der Waals surface area (Å²) in [6.45, 7) is 2.39. The number of unbranched alkanes of at least 4 members (excludes halogenated alkanes) is 1. The van der Waals surface area contributed by atoms with Crippen LogP contribution in [0.5, 0.6) is 0 Å². The zero-order valence-electron chi connectivity index (χ0n) is 41.6. The molecule has 1 aliphatic rings. The summed E-state index contributed by atoms with van der Waals surface area (Å²) >= 11 is 0. The summed E-state index contributed by atoms with van der Waals surface area (Å²) in [4.78, 5) is 156. The Morgan fingerprint density at radius 3 is 1.97 bits per heavy atom. The van der Waals surface area contributed by atoms with Gasteiger partial charge in [0.2, 0.25) is 59.1 Å². The van der Waals surface area contributed by atoms with Crippen molar-refractivity contribution in [1.29, 1.82) is 0 Å². The SMILES string of the molecule is CC(C)[C@H](NC(=O)[C@@H]1CCCN1C(=O)[C@H](CCCCN)NC(=O)CNC(=O)[C@H](CO)NC(=O)[C@H](C)NC(=O)[C@@H](N)CCCN=C(N)N)C(=O)N[C@@H](CC(N)=O)C(=O)N[C@@H](Cc1cnc[nH]1)C(=O)N[C@@H](CO)C(=O)O. The van der Waals surface area contributed by atoms with Gasteiger partial charge in [0, 0.05) is 31.4 Å². The molecule has 0 radical (unpaired) electrons. The Hall–Kier alpha value is -7.51. The molecule has 1 aliphatic heterocycles. The number of carboxylic acid groups (broad SMARTS) is 1. The number of carbonyl (C=O) groups excluding carboxylic acids is 10. The fourth-order valence-electron chi connectivity index (χ4n) is 7.33. The normalized spacial score (nSPS) is 16.3. The van der Waals surface area contributed by atoms with Crippen LogP contribution in [0.3, 0.4) is 0 Å². The third-order valence-electron chi connectivity index (χ3n) is 11.4. The van der Waals surface area contributed by atoms with Gasteiger partial charge in [-0.05, 0) is 64.3 Å². The first-order valence-corrected chi connectivity index (χ1v) is 23.8. The summed E-state index contributed by atoms with van der Waals surface area (Å²) in [7, 11) is 0. The van der Waals surface area contributed by atoms with Crippen LogP contribution in [-0.2, 0) is 59.2 Å². The van der Waals surface area contributed by atoms with Gasteiger partial charge < -0.3 is 96.4 Å². The van der Waals surface area contributed by atoms with E-state index >= 15 is 0 Å². The van der Waals surface area contributed by atoms with Crippen molar-refractivity contribution in [3.63, 3.8) is 0 Å². The standard InChI is InChI=1S/C43H73N17O14/c1-21(2)33(40(71)56-27(15-31(46)63)38(69)55-26(14-23-16-49-20-52-23)37(68)58-29(19-62)42(73)74)59-39(70)30-10-7-13-60(30)41(72)25(9-4-5-11-44)54-32(64)17-51-36(67)28(18-61)57-34(65)22(3)53-35(66)24(45)8-6-12-50-43(47)48/h16,20-22,24-30,33,61-62H,4-15,17-19,44-45H2,1-3H3,(H2,46,63)(H,49,52)(H,51,67)(H,53,66)(H,54,64)(H,55,69)(H,56,71)(H,57,65)(H,58,68)(H,59,70)(H,73,74)(H4,47,48,50)/t22-,24-,25-,26-,27-,28-,29-,30-,33-/m0/s1. The molecule has 10 amide bonds. The van der Waals surface area contributed by atoms with E-state index in [4.69, 9.17) is 28.7 Å². The molecule has 9 atom stereocenters.